The standard InChI is InChI=1S/C16H15N5O2/c1-23-13-7-6-12-15(20-13)21(14(22)9-17-12)16-18-8-10-4-2-3-5-11(10)19-16/h6-9H,2-5H2,1H3. The molecular formula is C16H15N5O2. The number of hydrogen-bond donors (Lipinski definition) is 0. The second-order valence-corrected chi connectivity index (χ2v) is 5.48. The lowest BCUT2D eigenvalue weighted by Gasteiger charge is -2.15. The van der Waals surface area contributed by atoms with Gasteiger partial charge in [-0.1, -0.05) is 0 Å². The second kappa shape index (κ2) is 5.42. The number of aryl methyl sites for hydroxylation is 2. The van der Waals surface area contributed by atoms with E-state index in [9.17, 15) is 4.79 Å². The highest BCUT2D eigenvalue weighted by atomic mass is 16.5. The van der Waals surface area contributed by atoms with E-state index in [2.05, 4.69) is 19.9 Å². The van der Waals surface area contributed by atoms with Crippen molar-refractivity contribution in [3.05, 3.63) is 46.1 Å². The minimum Gasteiger partial charge on any atom is -0.481 e. The molecule has 0 radical (unpaired) electrons. The number of rotatable bonds is 2. The highest BCUT2D eigenvalue weighted by Gasteiger charge is 2.16. The molecule has 0 amide bonds. The minimum atomic E-state index is -0.311. The average Bonchev–Trinajstić information content (AvgIpc) is 2.60. The van der Waals surface area contributed by atoms with Crippen LogP contribution in [0.3, 0.4) is 0 Å². The van der Waals surface area contributed by atoms with Crippen molar-refractivity contribution in [1.82, 2.24) is 24.5 Å². The third-order valence-electron chi connectivity index (χ3n) is 4.04. The molecule has 0 aromatic carbocycles. The SMILES string of the molecule is COc1ccc2ncc(=O)n(-c3ncc4c(n3)CCCC4)c2n1. The molecule has 1 aliphatic carbocycles. The summed E-state index contributed by atoms with van der Waals surface area (Å²) < 4.78 is 6.54. The monoisotopic (exact) mass is 309 g/mol. The lowest BCUT2D eigenvalue weighted by molar-refractivity contribution is 0.399. The molecule has 0 saturated carbocycles. The van der Waals surface area contributed by atoms with Gasteiger partial charge in [0.1, 0.15) is 5.52 Å². The normalized spacial score (nSPS) is 13.8. The summed E-state index contributed by atoms with van der Waals surface area (Å²) in [6, 6.07) is 3.47. The molecule has 0 bridgehead atoms. The van der Waals surface area contributed by atoms with Crippen LogP contribution in [0.15, 0.2) is 29.3 Å². The number of nitrogens with zero attached hydrogens (tertiary/aromatic N) is 5. The minimum absolute atomic E-state index is 0.311. The Morgan fingerprint density at radius 3 is 2.83 bits per heavy atom. The molecule has 0 N–H and O–H groups in total. The Labute approximate surface area is 132 Å². The number of aromatic nitrogens is 5. The van der Waals surface area contributed by atoms with Crippen LogP contribution < -0.4 is 10.3 Å². The molecule has 7 heteroatoms. The highest BCUT2D eigenvalue weighted by Crippen LogP contribution is 2.20. The molecule has 0 saturated heterocycles. The first kappa shape index (κ1) is 13.8. The maximum absolute atomic E-state index is 12.3. The Kier molecular flexibility index (Phi) is 3.25. The van der Waals surface area contributed by atoms with Crippen LogP contribution in [-0.4, -0.2) is 31.6 Å². The average molecular weight is 309 g/mol. The maximum Gasteiger partial charge on any atom is 0.277 e. The van der Waals surface area contributed by atoms with Crippen LogP contribution in [-0.2, 0) is 12.8 Å². The molecule has 4 rings (SSSR count). The van der Waals surface area contributed by atoms with Crippen LogP contribution in [0.4, 0.5) is 0 Å². The van der Waals surface area contributed by atoms with Gasteiger partial charge in [0.25, 0.3) is 5.56 Å². The fourth-order valence-corrected chi connectivity index (χ4v) is 2.86. The lowest BCUT2D eigenvalue weighted by Crippen LogP contribution is -2.23. The molecule has 3 aromatic heterocycles. The summed E-state index contributed by atoms with van der Waals surface area (Å²) in [6.45, 7) is 0. The Morgan fingerprint density at radius 1 is 1.09 bits per heavy atom. The van der Waals surface area contributed by atoms with Crippen LogP contribution in [0, 0.1) is 0 Å². The van der Waals surface area contributed by atoms with Crippen LogP contribution in [0.5, 0.6) is 5.88 Å². The predicted molar refractivity (Wildman–Crippen MR) is 83.9 cm³/mol. The maximum atomic E-state index is 12.3. The molecule has 7 nitrogen and oxygen atoms in total. The summed E-state index contributed by atoms with van der Waals surface area (Å²) in [5.74, 6) is 0.750. The fourth-order valence-electron chi connectivity index (χ4n) is 2.86. The van der Waals surface area contributed by atoms with Crippen LogP contribution in [0.25, 0.3) is 17.1 Å². The van der Waals surface area contributed by atoms with E-state index in [1.54, 1.807) is 12.1 Å². The Hall–Kier alpha value is -2.83. The van der Waals surface area contributed by atoms with E-state index in [-0.39, 0.29) is 5.56 Å². The first-order valence-corrected chi connectivity index (χ1v) is 7.54. The Balaban J connectivity index is 1.97. The van der Waals surface area contributed by atoms with Crippen molar-refractivity contribution in [3.63, 3.8) is 0 Å². The molecule has 23 heavy (non-hydrogen) atoms. The largest absolute Gasteiger partial charge is 0.481 e. The summed E-state index contributed by atoms with van der Waals surface area (Å²) >= 11 is 0. The zero-order valence-corrected chi connectivity index (χ0v) is 12.7. The number of pyridine rings is 1. The molecule has 1 aliphatic rings. The van der Waals surface area contributed by atoms with Gasteiger partial charge >= 0.3 is 0 Å². The van der Waals surface area contributed by atoms with Crippen LogP contribution >= 0.6 is 0 Å². The van der Waals surface area contributed by atoms with Gasteiger partial charge in [0.2, 0.25) is 11.8 Å². The summed E-state index contributed by atoms with van der Waals surface area (Å²) in [5.41, 5.74) is 2.85. The number of methoxy groups -OCH3 is 1. The lowest BCUT2D eigenvalue weighted by atomic mass is 9.98. The molecule has 0 aliphatic heterocycles. The van der Waals surface area contributed by atoms with Crippen molar-refractivity contribution in [2.45, 2.75) is 25.7 Å². The number of hydrogen-bond acceptors (Lipinski definition) is 6. The van der Waals surface area contributed by atoms with Crippen LogP contribution in [0.2, 0.25) is 0 Å². The van der Waals surface area contributed by atoms with Crippen molar-refractivity contribution in [1.29, 1.82) is 0 Å². The zero-order chi connectivity index (χ0) is 15.8. The summed E-state index contributed by atoms with van der Waals surface area (Å²) in [4.78, 5) is 29.8. The zero-order valence-electron chi connectivity index (χ0n) is 12.7. The van der Waals surface area contributed by atoms with Crippen molar-refractivity contribution < 1.29 is 4.74 Å². The summed E-state index contributed by atoms with van der Waals surface area (Å²) in [5, 5.41) is 0. The molecule has 0 fully saturated rings. The van der Waals surface area contributed by atoms with E-state index in [0.717, 1.165) is 36.9 Å². The third kappa shape index (κ3) is 2.34. The van der Waals surface area contributed by atoms with Crippen LogP contribution in [0.1, 0.15) is 24.1 Å². The molecule has 0 spiro atoms. The molecule has 3 heterocycles. The van der Waals surface area contributed by atoms with Crippen molar-refractivity contribution in [3.8, 4) is 11.8 Å². The first-order chi connectivity index (χ1) is 11.3. The second-order valence-electron chi connectivity index (χ2n) is 5.48. The Morgan fingerprint density at radius 2 is 1.96 bits per heavy atom. The molecule has 0 atom stereocenters. The predicted octanol–water partition coefficient (Wildman–Crippen LogP) is 1.46. The van der Waals surface area contributed by atoms with E-state index >= 15 is 0 Å². The topological polar surface area (TPSA) is 82.8 Å². The summed E-state index contributed by atoms with van der Waals surface area (Å²) in [6.07, 6.45) is 7.26. The molecule has 3 aromatic rings. The van der Waals surface area contributed by atoms with Gasteiger partial charge in [-0.15, -0.1) is 0 Å². The number of fused-ring (bicyclic) bond motifs is 2. The van der Waals surface area contributed by atoms with E-state index in [1.807, 2.05) is 6.20 Å². The quantitative estimate of drug-likeness (QED) is 0.712. The van der Waals surface area contributed by atoms with Gasteiger partial charge in [0.05, 0.1) is 13.3 Å². The first-order valence-electron chi connectivity index (χ1n) is 7.54. The third-order valence-corrected chi connectivity index (χ3v) is 4.04. The van der Waals surface area contributed by atoms with Crippen molar-refractivity contribution in [2.24, 2.45) is 0 Å². The van der Waals surface area contributed by atoms with Gasteiger partial charge in [0.15, 0.2) is 5.65 Å². The molecule has 116 valence electrons. The van der Waals surface area contributed by atoms with Crippen molar-refractivity contribution in [2.75, 3.05) is 7.11 Å². The van der Waals surface area contributed by atoms with Gasteiger partial charge in [-0.05, 0) is 37.3 Å². The van der Waals surface area contributed by atoms with E-state index < -0.39 is 0 Å². The molecular weight excluding hydrogens is 294 g/mol. The Bertz CT molecular complexity index is 951. The van der Waals surface area contributed by atoms with Gasteiger partial charge < -0.3 is 4.74 Å². The highest BCUT2D eigenvalue weighted by molar-refractivity contribution is 5.72. The van der Waals surface area contributed by atoms with E-state index in [1.165, 1.54) is 17.9 Å². The van der Waals surface area contributed by atoms with E-state index in [4.69, 9.17) is 4.74 Å². The van der Waals surface area contributed by atoms with Gasteiger partial charge in [-0.25, -0.2) is 19.5 Å². The fraction of sp³-hybridized carbons (Fsp3) is 0.312. The van der Waals surface area contributed by atoms with Gasteiger partial charge in [-0.2, -0.15) is 4.98 Å². The smallest absolute Gasteiger partial charge is 0.277 e. The van der Waals surface area contributed by atoms with E-state index in [0.29, 0.717) is 23.0 Å². The van der Waals surface area contributed by atoms with Gasteiger partial charge in [0, 0.05) is 18.0 Å². The summed E-state index contributed by atoms with van der Waals surface area (Å²) in [7, 11) is 1.53. The molecule has 0 unspecified atom stereocenters. The van der Waals surface area contributed by atoms with Crippen molar-refractivity contribution >= 4 is 11.2 Å². The number of ether oxygens (including phenoxy) is 1. The van der Waals surface area contributed by atoms with Gasteiger partial charge in [-0.3, -0.25) is 4.79 Å².